The third kappa shape index (κ3) is 10.3. The zero-order valence-electron chi connectivity index (χ0n) is 47.7. The Balaban J connectivity index is 1.35. The minimum absolute atomic E-state index is 0.291. The van der Waals surface area contributed by atoms with E-state index < -0.39 is 305 Å². The van der Waals surface area contributed by atoms with Crippen LogP contribution in [0.1, 0.15) is 0 Å². The summed E-state index contributed by atoms with van der Waals surface area (Å²) in [6.07, 6.45) is 0. The Bertz CT molecular complexity index is 4900. The van der Waals surface area contributed by atoms with Gasteiger partial charge in [0.15, 0.2) is 140 Å². The second kappa shape index (κ2) is 24.9. The van der Waals surface area contributed by atoms with E-state index in [0.717, 1.165) is 0 Å². The van der Waals surface area contributed by atoms with Crippen LogP contribution in [0.3, 0.4) is 0 Å². The van der Waals surface area contributed by atoms with Gasteiger partial charge < -0.3 is 17.7 Å². The van der Waals surface area contributed by atoms with Crippen LogP contribution in [0.2, 0.25) is 0 Å². The minimum Gasteiger partial charge on any atom is -0.456 e. The predicted molar refractivity (Wildman–Crippen MR) is 301 cm³/mol. The molecule has 0 unspecified atom stereocenters. The topological polar surface area (TPSA) is 52.6 Å². The fourth-order valence-electron chi connectivity index (χ4n) is 10.8. The van der Waals surface area contributed by atoms with Crippen LogP contribution in [0.5, 0.6) is 0 Å². The number of hydrogen-bond donors (Lipinski definition) is 0. The molecule has 0 saturated heterocycles. The second-order valence-electron chi connectivity index (χ2n) is 20.9. The van der Waals surface area contributed by atoms with Gasteiger partial charge in [-0.3, -0.25) is 0 Å². The first-order valence-corrected chi connectivity index (χ1v) is 28.7. The monoisotopic (exact) mass is 1500 g/mol. The number of hydrogen-bond acceptors (Lipinski definition) is 6. The summed E-state index contributed by atoms with van der Waals surface area (Å²) in [7, 11) is 0. The summed E-state index contributed by atoms with van der Waals surface area (Å²) in [5, 5.41) is 0. The Morgan fingerprint density at radius 2 is 0.235 bits per heavy atom. The number of furan rings is 4. The van der Waals surface area contributed by atoms with E-state index in [9.17, 15) is 26.3 Å². The molecule has 12 bridgehead atoms. The molecule has 36 heteroatoms. The molecule has 13 aromatic rings. The molecular formula is C66H12F30O4S2. The van der Waals surface area contributed by atoms with E-state index in [0.29, 0.717) is 72.8 Å². The molecule has 0 aliphatic rings. The van der Waals surface area contributed by atoms with E-state index in [4.69, 9.17) is 17.7 Å². The lowest BCUT2D eigenvalue weighted by Crippen LogP contribution is -2.04. The fraction of sp³-hybridized carbons (Fsp3) is 0. The number of rotatable bonds is 6. The van der Waals surface area contributed by atoms with Crippen molar-refractivity contribution >= 4 is 86.1 Å². The van der Waals surface area contributed by atoms with Gasteiger partial charge in [0.2, 0.25) is 34.9 Å². The Morgan fingerprint density at radius 1 is 0.127 bits per heavy atom. The molecule has 0 amide bonds. The smallest absolute Gasteiger partial charge is 0.200 e. The van der Waals surface area contributed by atoms with Gasteiger partial charge in [0.1, 0.15) is 44.7 Å². The molecule has 0 radical (unpaired) electrons. The van der Waals surface area contributed by atoms with Crippen molar-refractivity contribution < 1.29 is 149 Å². The highest BCUT2D eigenvalue weighted by Crippen LogP contribution is 2.50. The first-order valence-electron chi connectivity index (χ1n) is 27.1. The van der Waals surface area contributed by atoms with Crippen LogP contribution >= 0.6 is 22.7 Å². The van der Waals surface area contributed by atoms with E-state index in [-0.39, 0.29) is 22.7 Å². The molecule has 522 valence electrons. The lowest BCUT2D eigenvalue weighted by molar-refractivity contribution is 0.381. The average molecular weight is 1500 g/mol. The molecule has 0 aliphatic carbocycles. The van der Waals surface area contributed by atoms with Crippen LogP contribution in [-0.2, 0) is 0 Å². The molecule has 0 N–H and O–H groups in total. The van der Waals surface area contributed by atoms with Crippen LogP contribution in [-0.4, -0.2) is 0 Å². The first-order chi connectivity index (χ1) is 48.1. The van der Waals surface area contributed by atoms with Gasteiger partial charge in [0.25, 0.3) is 0 Å². The molecule has 0 aliphatic heterocycles. The summed E-state index contributed by atoms with van der Waals surface area (Å²) in [5.41, 5.74) is -35.1. The lowest BCUT2D eigenvalue weighted by Gasteiger charge is -2.10. The molecule has 0 atom stereocenters. The van der Waals surface area contributed by atoms with Gasteiger partial charge in [0.05, 0.1) is 44.5 Å². The van der Waals surface area contributed by atoms with Crippen LogP contribution in [0.15, 0.2) is 90.5 Å². The highest BCUT2D eigenvalue weighted by molar-refractivity contribution is 7.25. The molecule has 7 heterocycles. The highest BCUT2D eigenvalue weighted by atomic mass is 32.1. The van der Waals surface area contributed by atoms with Crippen molar-refractivity contribution in [2.45, 2.75) is 0 Å². The van der Waals surface area contributed by atoms with Gasteiger partial charge in [-0.05, 0) is 72.8 Å². The summed E-state index contributed by atoms with van der Waals surface area (Å²) in [5.74, 6) is -86.5. The minimum atomic E-state index is -2.94. The largest absolute Gasteiger partial charge is 0.456 e. The Labute approximate surface area is 547 Å². The van der Waals surface area contributed by atoms with E-state index in [1.165, 1.54) is 0 Å². The van der Waals surface area contributed by atoms with Gasteiger partial charge >= 0.3 is 0 Å². The SMILES string of the molecule is Fc1c(F)c(F)c(-c2c3ccc(o3)c(-c3c(F)c(F)c(F)c(F)c3F)c3ccc(s3)c(-c3c(F)c(F)c(F)c(F)c3F)c3ccc(o3)c(-c3c(F)c(F)c(F)c(F)c3F)c3ccc(o3)c(-c3c(F)c(F)c(F)c(F)c3F)c3ccc(s3)c(-c3c(F)c(F)c(F)c(F)c3F)c3ccc2o3)c(F)c1F. The molecule has 6 aromatic carbocycles. The van der Waals surface area contributed by atoms with Crippen molar-refractivity contribution in [3.63, 3.8) is 0 Å². The molecular weight excluding hydrogens is 1490 g/mol. The summed E-state index contributed by atoms with van der Waals surface area (Å²) in [4.78, 5) is 0. The molecule has 0 fully saturated rings. The molecule has 0 saturated carbocycles. The maximum Gasteiger partial charge on any atom is 0.200 e. The number of benzene rings is 6. The Hall–Kier alpha value is -11.0. The van der Waals surface area contributed by atoms with Crippen molar-refractivity contribution in [1.82, 2.24) is 0 Å². The van der Waals surface area contributed by atoms with Gasteiger partial charge in [-0.25, -0.2) is 132 Å². The van der Waals surface area contributed by atoms with Crippen molar-refractivity contribution in [2.24, 2.45) is 0 Å². The maximum absolute atomic E-state index is 16.4. The van der Waals surface area contributed by atoms with Gasteiger partial charge in [-0.1, -0.05) is 0 Å². The van der Waals surface area contributed by atoms with Gasteiger partial charge in [-0.2, -0.15) is 0 Å². The summed E-state index contributed by atoms with van der Waals surface area (Å²) in [6, 6.07) is 4.07. The lowest BCUT2D eigenvalue weighted by atomic mass is 10.0. The van der Waals surface area contributed by atoms with Crippen LogP contribution in [0, 0.1) is 175 Å². The van der Waals surface area contributed by atoms with Crippen LogP contribution in [0.4, 0.5) is 132 Å². The Kier molecular flexibility index (Phi) is 17.0. The number of halogens is 30. The molecule has 7 aromatic heterocycles. The van der Waals surface area contributed by atoms with E-state index in [1.807, 2.05) is 0 Å². The van der Waals surface area contributed by atoms with Crippen LogP contribution in [0.25, 0.3) is 130 Å². The van der Waals surface area contributed by atoms with Crippen molar-refractivity contribution in [3.8, 4) is 66.8 Å². The predicted octanol–water partition coefficient (Wildman–Crippen LogP) is 24.6. The zero-order valence-corrected chi connectivity index (χ0v) is 49.3. The number of thiophene rings is 2. The molecule has 102 heavy (non-hydrogen) atoms. The second-order valence-corrected chi connectivity index (χ2v) is 23.1. The van der Waals surface area contributed by atoms with E-state index in [1.54, 1.807) is 0 Å². The maximum atomic E-state index is 16.4. The van der Waals surface area contributed by atoms with Crippen molar-refractivity contribution in [3.05, 3.63) is 247 Å². The van der Waals surface area contributed by atoms with Gasteiger partial charge in [0, 0.05) is 41.1 Å². The summed E-state index contributed by atoms with van der Waals surface area (Å²) in [6.45, 7) is 0. The number of fused-ring (bicyclic) bond motifs is 12. The average Bonchev–Trinajstić information content (AvgIpc) is 1.59. The van der Waals surface area contributed by atoms with Crippen LogP contribution < -0.4 is 0 Å². The molecule has 4 nitrogen and oxygen atoms in total. The third-order valence-corrected chi connectivity index (χ3v) is 17.6. The highest BCUT2D eigenvalue weighted by Gasteiger charge is 2.37. The van der Waals surface area contributed by atoms with E-state index in [2.05, 4.69) is 0 Å². The molecule has 0 spiro atoms. The van der Waals surface area contributed by atoms with Crippen molar-refractivity contribution in [1.29, 1.82) is 0 Å². The quantitative estimate of drug-likeness (QED) is 0.0946. The molecule has 13 rings (SSSR count). The Morgan fingerprint density at radius 3 is 0.373 bits per heavy atom. The van der Waals surface area contributed by atoms with Crippen molar-refractivity contribution in [2.75, 3.05) is 0 Å². The first kappa shape index (κ1) is 69.4. The summed E-state index contributed by atoms with van der Waals surface area (Å²) < 4.78 is 490. The standard InChI is InChI=1S/C66H12F30O4S2/c67-37-31(38(68)50(80)61(91)49(37)79)25-13-1-5-17(97-13)27(33-41(71)53(83)63(93)54(84)42(33)72)21-9-10-22(101-21)29(35-45(75)57(87)65(95)58(88)46(35)76)19-7-3-15(99-19)26(32-39(69)51(81)62(92)52(82)40(32)70)16-4-8-20(100-16)30(36-47(77)59(89)66(96)60(90)48(36)78)24-12-11-23(102-24)28(18-6-2-14(25)98-18)34-43(73)55(85)64(94)56(86)44(34)74/h1-12H. The fourth-order valence-corrected chi connectivity index (χ4v) is 13.0. The van der Waals surface area contributed by atoms with Gasteiger partial charge in [-0.15, -0.1) is 22.7 Å². The summed E-state index contributed by atoms with van der Waals surface area (Å²) >= 11 is -0.667. The zero-order chi connectivity index (χ0) is 73.9. The van der Waals surface area contributed by atoms with E-state index >= 15 is 105 Å². The normalized spacial score (nSPS) is 11.8. The third-order valence-electron chi connectivity index (χ3n) is 15.4.